The highest BCUT2D eigenvalue weighted by Gasteiger charge is 2.45. The second-order valence-corrected chi connectivity index (χ2v) is 6.27. The molecule has 2 heterocycles. The van der Waals surface area contributed by atoms with Gasteiger partial charge < -0.3 is 10.0 Å². The van der Waals surface area contributed by atoms with Crippen LogP contribution in [0, 0.1) is 19.8 Å². The number of amides is 1. The third-order valence-corrected chi connectivity index (χ3v) is 4.79. The molecular weight excluding hydrogens is 304 g/mol. The highest BCUT2D eigenvalue weighted by Crippen LogP contribution is 2.41. The van der Waals surface area contributed by atoms with Crippen LogP contribution >= 0.6 is 0 Å². The average Bonchev–Trinajstić information content (AvgIpc) is 2.88. The second kappa shape index (κ2) is 6.43. The van der Waals surface area contributed by atoms with Crippen LogP contribution in [0.2, 0.25) is 0 Å². The summed E-state index contributed by atoms with van der Waals surface area (Å²) in [4.78, 5) is 30.0. The fraction of sp³-hybridized carbons (Fsp3) is 0.316. The molecule has 1 aliphatic heterocycles. The summed E-state index contributed by atoms with van der Waals surface area (Å²) in [5.41, 5.74) is 3.95. The van der Waals surface area contributed by atoms with Gasteiger partial charge in [0.2, 0.25) is 5.91 Å². The lowest BCUT2D eigenvalue weighted by atomic mass is 9.89. The predicted molar refractivity (Wildman–Crippen MR) is 89.2 cm³/mol. The maximum absolute atomic E-state index is 12.5. The van der Waals surface area contributed by atoms with Crippen LogP contribution in [0.25, 0.3) is 0 Å². The van der Waals surface area contributed by atoms with Crippen molar-refractivity contribution in [1.29, 1.82) is 0 Å². The highest BCUT2D eigenvalue weighted by atomic mass is 16.4. The van der Waals surface area contributed by atoms with Crippen molar-refractivity contribution in [2.45, 2.75) is 32.9 Å². The molecule has 0 aliphatic carbocycles. The van der Waals surface area contributed by atoms with Crippen LogP contribution in [0.3, 0.4) is 0 Å². The number of aryl methyl sites for hydroxylation is 1. The number of rotatable bonds is 4. The summed E-state index contributed by atoms with van der Waals surface area (Å²) >= 11 is 0. The first kappa shape index (κ1) is 16.2. The standard InChI is InChI=1S/C19H20N2O3/c1-12-5-3-7-15(13(12)2)18-16(19(23)24)9-17(22)21(18)11-14-6-4-8-20-10-14/h3-8,10,16,18H,9,11H2,1-2H3,(H,23,24). The molecule has 1 aromatic heterocycles. The third kappa shape index (κ3) is 2.89. The SMILES string of the molecule is Cc1cccc(C2C(C(=O)O)CC(=O)N2Cc2cccnc2)c1C. The number of pyridine rings is 1. The molecule has 3 rings (SSSR count). The van der Waals surface area contributed by atoms with Crippen LogP contribution in [0.15, 0.2) is 42.7 Å². The maximum atomic E-state index is 12.5. The lowest BCUT2D eigenvalue weighted by Crippen LogP contribution is -2.30. The predicted octanol–water partition coefficient (Wildman–Crippen LogP) is 2.87. The van der Waals surface area contributed by atoms with Gasteiger partial charge in [-0.2, -0.15) is 0 Å². The fourth-order valence-corrected chi connectivity index (χ4v) is 3.37. The van der Waals surface area contributed by atoms with Gasteiger partial charge in [0.1, 0.15) is 0 Å². The van der Waals surface area contributed by atoms with Gasteiger partial charge in [0.25, 0.3) is 0 Å². The Balaban J connectivity index is 2.03. The molecule has 124 valence electrons. The maximum Gasteiger partial charge on any atom is 0.309 e. The van der Waals surface area contributed by atoms with Gasteiger partial charge in [-0.05, 0) is 42.2 Å². The molecule has 5 nitrogen and oxygen atoms in total. The lowest BCUT2D eigenvalue weighted by Gasteiger charge is -2.29. The quantitative estimate of drug-likeness (QED) is 0.939. The summed E-state index contributed by atoms with van der Waals surface area (Å²) in [5, 5.41) is 9.62. The van der Waals surface area contributed by atoms with Crippen LogP contribution in [-0.4, -0.2) is 26.9 Å². The minimum atomic E-state index is -0.928. The largest absolute Gasteiger partial charge is 0.481 e. The van der Waals surface area contributed by atoms with E-state index in [0.717, 1.165) is 22.3 Å². The van der Waals surface area contributed by atoms with E-state index in [-0.39, 0.29) is 12.3 Å². The van der Waals surface area contributed by atoms with E-state index < -0.39 is 17.9 Å². The Morgan fingerprint density at radius 3 is 2.75 bits per heavy atom. The van der Waals surface area contributed by atoms with Gasteiger partial charge in [0.05, 0.1) is 12.0 Å². The molecule has 1 amide bonds. The molecule has 0 spiro atoms. The topological polar surface area (TPSA) is 70.5 Å². The number of aliphatic carboxylic acids is 1. The zero-order chi connectivity index (χ0) is 17.3. The van der Waals surface area contributed by atoms with Crippen molar-refractivity contribution in [3.05, 3.63) is 65.0 Å². The van der Waals surface area contributed by atoms with Crippen LogP contribution in [-0.2, 0) is 16.1 Å². The van der Waals surface area contributed by atoms with E-state index in [9.17, 15) is 14.7 Å². The van der Waals surface area contributed by atoms with Gasteiger partial charge in [0.15, 0.2) is 0 Å². The number of likely N-dealkylation sites (tertiary alicyclic amines) is 1. The van der Waals surface area contributed by atoms with Crippen LogP contribution in [0.1, 0.15) is 34.7 Å². The Hall–Kier alpha value is -2.69. The number of hydrogen-bond donors (Lipinski definition) is 1. The first-order valence-electron chi connectivity index (χ1n) is 7.96. The van der Waals surface area contributed by atoms with Gasteiger partial charge >= 0.3 is 5.97 Å². The Kier molecular flexibility index (Phi) is 4.34. The van der Waals surface area contributed by atoms with E-state index in [1.807, 2.05) is 44.2 Å². The smallest absolute Gasteiger partial charge is 0.309 e. The molecule has 24 heavy (non-hydrogen) atoms. The van der Waals surface area contributed by atoms with Crippen molar-refractivity contribution in [3.8, 4) is 0 Å². The van der Waals surface area contributed by atoms with E-state index >= 15 is 0 Å². The van der Waals surface area contributed by atoms with Gasteiger partial charge in [-0.1, -0.05) is 24.3 Å². The Morgan fingerprint density at radius 1 is 1.29 bits per heavy atom. The number of carboxylic acid groups (broad SMARTS) is 1. The minimum Gasteiger partial charge on any atom is -0.481 e. The van der Waals surface area contributed by atoms with Crippen molar-refractivity contribution in [2.24, 2.45) is 5.92 Å². The van der Waals surface area contributed by atoms with Crippen molar-refractivity contribution in [3.63, 3.8) is 0 Å². The summed E-state index contributed by atoms with van der Waals surface area (Å²) in [6, 6.07) is 9.11. The van der Waals surface area contributed by atoms with Crippen LogP contribution < -0.4 is 0 Å². The van der Waals surface area contributed by atoms with E-state index in [4.69, 9.17) is 0 Å². The fourth-order valence-electron chi connectivity index (χ4n) is 3.37. The molecule has 0 bridgehead atoms. The van der Waals surface area contributed by atoms with Crippen molar-refractivity contribution in [2.75, 3.05) is 0 Å². The van der Waals surface area contributed by atoms with E-state index in [0.29, 0.717) is 6.54 Å². The minimum absolute atomic E-state index is 0.0354. The van der Waals surface area contributed by atoms with Gasteiger partial charge in [-0.3, -0.25) is 14.6 Å². The molecule has 2 atom stereocenters. The highest BCUT2D eigenvalue weighted by molar-refractivity contribution is 5.87. The van der Waals surface area contributed by atoms with E-state index in [1.54, 1.807) is 17.3 Å². The summed E-state index contributed by atoms with van der Waals surface area (Å²) in [6.45, 7) is 4.35. The van der Waals surface area contributed by atoms with Crippen LogP contribution in [0.5, 0.6) is 0 Å². The van der Waals surface area contributed by atoms with Crippen molar-refractivity contribution >= 4 is 11.9 Å². The number of hydrogen-bond acceptors (Lipinski definition) is 3. The molecule has 1 N–H and O–H groups in total. The Labute approximate surface area is 140 Å². The number of aromatic nitrogens is 1. The van der Waals surface area contributed by atoms with Crippen molar-refractivity contribution in [1.82, 2.24) is 9.88 Å². The summed E-state index contributed by atoms with van der Waals surface area (Å²) in [7, 11) is 0. The van der Waals surface area contributed by atoms with Gasteiger partial charge in [0, 0.05) is 25.4 Å². The number of carboxylic acids is 1. The Bertz CT molecular complexity index is 773. The van der Waals surface area contributed by atoms with Gasteiger partial charge in [-0.15, -0.1) is 0 Å². The molecular formula is C19H20N2O3. The average molecular weight is 324 g/mol. The number of benzene rings is 1. The van der Waals surface area contributed by atoms with Crippen LogP contribution in [0.4, 0.5) is 0 Å². The molecule has 5 heteroatoms. The first-order chi connectivity index (χ1) is 11.5. The number of nitrogens with zero attached hydrogens (tertiary/aromatic N) is 2. The van der Waals surface area contributed by atoms with E-state index in [1.165, 1.54) is 0 Å². The first-order valence-corrected chi connectivity index (χ1v) is 7.96. The zero-order valence-corrected chi connectivity index (χ0v) is 13.8. The molecule has 1 saturated heterocycles. The molecule has 0 radical (unpaired) electrons. The summed E-state index contributed by atoms with van der Waals surface area (Å²) in [6.07, 6.45) is 3.42. The molecule has 0 saturated carbocycles. The molecule has 2 unspecified atom stereocenters. The van der Waals surface area contributed by atoms with Gasteiger partial charge in [-0.25, -0.2) is 0 Å². The lowest BCUT2D eigenvalue weighted by molar-refractivity contribution is -0.142. The van der Waals surface area contributed by atoms with Crippen molar-refractivity contribution < 1.29 is 14.7 Å². The summed E-state index contributed by atoms with van der Waals surface area (Å²) < 4.78 is 0. The monoisotopic (exact) mass is 324 g/mol. The Morgan fingerprint density at radius 2 is 2.08 bits per heavy atom. The third-order valence-electron chi connectivity index (χ3n) is 4.79. The summed E-state index contributed by atoms with van der Waals surface area (Å²) in [5.74, 6) is -1.78. The normalized spacial score (nSPS) is 20.4. The number of carbonyl (C=O) groups excluding carboxylic acids is 1. The second-order valence-electron chi connectivity index (χ2n) is 6.27. The number of carbonyl (C=O) groups is 2. The molecule has 1 fully saturated rings. The molecule has 2 aromatic rings. The zero-order valence-electron chi connectivity index (χ0n) is 13.8. The molecule has 1 aliphatic rings. The van der Waals surface area contributed by atoms with E-state index in [2.05, 4.69) is 4.98 Å². The molecule has 1 aromatic carbocycles.